The number of hydrogen-bond acceptors (Lipinski definition) is 5. The molecule has 0 fully saturated rings. The summed E-state index contributed by atoms with van der Waals surface area (Å²) < 4.78 is 84.6. The summed E-state index contributed by atoms with van der Waals surface area (Å²) in [5, 5.41) is 4.20. The Morgan fingerprint density at radius 1 is 1.17 bits per heavy atom. The van der Waals surface area contributed by atoms with Gasteiger partial charge in [-0.15, -0.1) is 0 Å². The van der Waals surface area contributed by atoms with Crippen LogP contribution in [0.5, 0.6) is 5.75 Å². The molecular formula is C24H23F4N3O4S. The SMILES string of the molecule is CC(C)COc1ccc(S(C)(=O)=O)cc1C(=O)N1Cc2cn(-c3cccc(C(F)(F)F)c3F)nc2C1. The molecule has 1 aliphatic heterocycles. The number of benzene rings is 2. The number of carbonyl (C=O) groups excluding carboxylic acids is 1. The van der Waals surface area contributed by atoms with Gasteiger partial charge in [-0.05, 0) is 36.2 Å². The molecule has 192 valence electrons. The Bertz CT molecular complexity index is 1410. The predicted molar refractivity (Wildman–Crippen MR) is 122 cm³/mol. The molecule has 12 heteroatoms. The summed E-state index contributed by atoms with van der Waals surface area (Å²) in [4.78, 5) is 14.7. The first-order valence-electron chi connectivity index (χ1n) is 11.0. The highest BCUT2D eigenvalue weighted by Crippen LogP contribution is 2.34. The monoisotopic (exact) mass is 525 g/mol. The fourth-order valence-electron chi connectivity index (χ4n) is 3.80. The zero-order valence-electron chi connectivity index (χ0n) is 19.6. The van der Waals surface area contributed by atoms with Crippen LogP contribution in [0.15, 0.2) is 47.5 Å². The molecule has 0 radical (unpaired) electrons. The minimum atomic E-state index is -4.85. The second kappa shape index (κ2) is 9.23. The number of sulfone groups is 1. The van der Waals surface area contributed by atoms with Gasteiger partial charge < -0.3 is 9.64 Å². The number of halogens is 4. The van der Waals surface area contributed by atoms with E-state index >= 15 is 0 Å². The molecule has 0 unspecified atom stereocenters. The van der Waals surface area contributed by atoms with Crippen molar-refractivity contribution in [2.75, 3.05) is 12.9 Å². The molecule has 1 amide bonds. The third-order valence-electron chi connectivity index (χ3n) is 5.58. The number of amides is 1. The summed E-state index contributed by atoms with van der Waals surface area (Å²) >= 11 is 0. The van der Waals surface area contributed by atoms with Crippen LogP contribution in [0, 0.1) is 11.7 Å². The Labute approximate surface area is 205 Å². The van der Waals surface area contributed by atoms with E-state index in [0.29, 0.717) is 23.9 Å². The van der Waals surface area contributed by atoms with Crippen LogP contribution in [0.2, 0.25) is 0 Å². The van der Waals surface area contributed by atoms with E-state index in [0.717, 1.165) is 17.0 Å². The average Bonchev–Trinajstić information content (AvgIpc) is 3.35. The van der Waals surface area contributed by atoms with Crippen molar-refractivity contribution in [3.8, 4) is 11.4 Å². The molecule has 0 saturated carbocycles. The van der Waals surface area contributed by atoms with Crippen LogP contribution in [-0.4, -0.2) is 41.9 Å². The van der Waals surface area contributed by atoms with Crippen LogP contribution in [0.1, 0.15) is 41.0 Å². The van der Waals surface area contributed by atoms with Crippen molar-refractivity contribution >= 4 is 15.7 Å². The van der Waals surface area contributed by atoms with Crippen molar-refractivity contribution in [2.24, 2.45) is 5.92 Å². The highest BCUT2D eigenvalue weighted by Gasteiger charge is 2.36. The molecule has 3 aromatic rings. The summed E-state index contributed by atoms with van der Waals surface area (Å²) in [6.45, 7) is 4.24. The minimum Gasteiger partial charge on any atom is -0.492 e. The molecule has 0 saturated heterocycles. The summed E-state index contributed by atoms with van der Waals surface area (Å²) in [6.07, 6.45) is -2.44. The van der Waals surface area contributed by atoms with Gasteiger partial charge in [-0.2, -0.15) is 18.3 Å². The van der Waals surface area contributed by atoms with Crippen molar-refractivity contribution in [1.82, 2.24) is 14.7 Å². The maximum absolute atomic E-state index is 14.5. The molecule has 1 aromatic heterocycles. The van der Waals surface area contributed by atoms with E-state index in [9.17, 15) is 30.8 Å². The van der Waals surface area contributed by atoms with Crippen molar-refractivity contribution < 1.29 is 35.5 Å². The molecule has 36 heavy (non-hydrogen) atoms. The molecule has 0 atom stereocenters. The van der Waals surface area contributed by atoms with Crippen molar-refractivity contribution in [3.63, 3.8) is 0 Å². The number of hydrogen-bond donors (Lipinski definition) is 0. The zero-order chi connectivity index (χ0) is 26.4. The lowest BCUT2D eigenvalue weighted by Gasteiger charge is -2.19. The number of fused-ring (bicyclic) bond motifs is 1. The normalized spacial score (nSPS) is 13.8. The predicted octanol–water partition coefficient (Wildman–Crippen LogP) is 4.62. The van der Waals surface area contributed by atoms with Crippen LogP contribution in [0.3, 0.4) is 0 Å². The largest absolute Gasteiger partial charge is 0.492 e. The van der Waals surface area contributed by atoms with Gasteiger partial charge in [-0.1, -0.05) is 19.9 Å². The van der Waals surface area contributed by atoms with E-state index in [1.54, 1.807) is 0 Å². The van der Waals surface area contributed by atoms with E-state index in [1.165, 1.54) is 35.4 Å². The van der Waals surface area contributed by atoms with E-state index in [-0.39, 0.29) is 40.9 Å². The molecule has 2 heterocycles. The van der Waals surface area contributed by atoms with Gasteiger partial charge in [0.25, 0.3) is 5.91 Å². The summed E-state index contributed by atoms with van der Waals surface area (Å²) in [5.41, 5.74) is -0.761. The zero-order valence-corrected chi connectivity index (χ0v) is 20.5. The Balaban J connectivity index is 1.61. The average molecular weight is 526 g/mol. The number of ether oxygens (including phenoxy) is 1. The fraction of sp³-hybridized carbons (Fsp3) is 0.333. The maximum Gasteiger partial charge on any atom is 0.419 e. The van der Waals surface area contributed by atoms with Crippen molar-refractivity contribution in [2.45, 2.75) is 38.0 Å². The first-order chi connectivity index (χ1) is 16.8. The lowest BCUT2D eigenvalue weighted by Crippen LogP contribution is -2.27. The third-order valence-corrected chi connectivity index (χ3v) is 6.69. The van der Waals surface area contributed by atoms with E-state index in [1.807, 2.05) is 13.8 Å². The van der Waals surface area contributed by atoms with Gasteiger partial charge in [-0.25, -0.2) is 17.5 Å². The molecule has 1 aliphatic rings. The van der Waals surface area contributed by atoms with Gasteiger partial charge in [0, 0.05) is 24.6 Å². The number of nitrogens with zero attached hydrogens (tertiary/aromatic N) is 3. The summed E-state index contributed by atoms with van der Waals surface area (Å²) in [7, 11) is -3.59. The smallest absolute Gasteiger partial charge is 0.419 e. The molecule has 0 N–H and O–H groups in total. The summed E-state index contributed by atoms with van der Waals surface area (Å²) in [5.74, 6) is -1.53. The lowest BCUT2D eigenvalue weighted by molar-refractivity contribution is -0.140. The van der Waals surface area contributed by atoms with Crippen LogP contribution < -0.4 is 4.74 Å². The number of carbonyl (C=O) groups is 1. The summed E-state index contributed by atoms with van der Waals surface area (Å²) in [6, 6.07) is 7.01. The molecular weight excluding hydrogens is 502 g/mol. The highest BCUT2D eigenvalue weighted by atomic mass is 32.2. The molecule has 0 bridgehead atoms. The molecule has 0 spiro atoms. The van der Waals surface area contributed by atoms with Crippen LogP contribution >= 0.6 is 0 Å². The van der Waals surface area contributed by atoms with Crippen LogP contribution in [0.4, 0.5) is 17.6 Å². The highest BCUT2D eigenvalue weighted by molar-refractivity contribution is 7.90. The number of aromatic nitrogens is 2. The second-order valence-electron chi connectivity index (χ2n) is 8.98. The fourth-order valence-corrected chi connectivity index (χ4v) is 4.44. The minimum absolute atomic E-state index is 0.00840. The van der Waals surface area contributed by atoms with E-state index in [4.69, 9.17) is 4.74 Å². The maximum atomic E-state index is 14.5. The van der Waals surface area contributed by atoms with Gasteiger partial charge in [-0.3, -0.25) is 4.79 Å². The van der Waals surface area contributed by atoms with Crippen LogP contribution in [-0.2, 0) is 29.1 Å². The van der Waals surface area contributed by atoms with E-state index < -0.39 is 33.3 Å². The molecule has 2 aromatic carbocycles. The van der Waals surface area contributed by atoms with Gasteiger partial charge in [0.2, 0.25) is 0 Å². The Hall–Kier alpha value is -3.41. The molecule has 0 aliphatic carbocycles. The topological polar surface area (TPSA) is 81.5 Å². The molecule has 4 rings (SSSR count). The molecule has 7 nitrogen and oxygen atoms in total. The quantitative estimate of drug-likeness (QED) is 0.439. The van der Waals surface area contributed by atoms with Gasteiger partial charge in [0.05, 0.1) is 34.9 Å². The first kappa shape index (κ1) is 25.7. The van der Waals surface area contributed by atoms with Crippen molar-refractivity contribution in [3.05, 3.63) is 70.8 Å². The Morgan fingerprint density at radius 2 is 1.89 bits per heavy atom. The number of alkyl halides is 3. The van der Waals surface area contributed by atoms with Gasteiger partial charge >= 0.3 is 6.18 Å². The second-order valence-corrected chi connectivity index (χ2v) is 11.0. The van der Waals surface area contributed by atoms with Crippen molar-refractivity contribution in [1.29, 1.82) is 0 Å². The first-order valence-corrected chi connectivity index (χ1v) is 12.8. The van der Waals surface area contributed by atoms with Gasteiger partial charge in [0.15, 0.2) is 15.7 Å². The van der Waals surface area contributed by atoms with E-state index in [2.05, 4.69) is 5.10 Å². The Morgan fingerprint density at radius 3 is 2.50 bits per heavy atom. The number of rotatable bonds is 6. The Kier molecular flexibility index (Phi) is 6.58. The van der Waals surface area contributed by atoms with Crippen LogP contribution in [0.25, 0.3) is 5.69 Å². The third kappa shape index (κ3) is 5.08. The standard InChI is InChI=1S/C24H23F4N3O4S/c1-14(2)13-35-21-8-7-16(36(3,33)34)9-17(21)23(32)30-10-15-11-31(29-19(15)12-30)20-6-4-5-18(22(20)25)24(26,27)28/h4-9,11,14H,10,12-13H2,1-3H3. The lowest BCUT2D eigenvalue weighted by atomic mass is 10.1. The van der Waals surface area contributed by atoms with Gasteiger partial charge in [0.1, 0.15) is 11.4 Å².